The Morgan fingerprint density at radius 1 is 1.09 bits per heavy atom. The molecule has 0 radical (unpaired) electrons. The van der Waals surface area contributed by atoms with E-state index in [1.807, 2.05) is 48.5 Å². The zero-order chi connectivity index (χ0) is 15.5. The summed E-state index contributed by atoms with van der Waals surface area (Å²) >= 11 is 0. The van der Waals surface area contributed by atoms with Crippen molar-refractivity contribution in [2.24, 2.45) is 0 Å². The van der Waals surface area contributed by atoms with E-state index in [1.165, 1.54) is 0 Å². The predicted molar refractivity (Wildman–Crippen MR) is 85.3 cm³/mol. The average Bonchev–Trinajstić information content (AvgIpc) is 3.01. The minimum absolute atomic E-state index is 0.0393. The number of aliphatic hydroxyl groups is 1. The second-order valence-corrected chi connectivity index (χ2v) is 5.47. The Bertz CT molecular complexity index is 687. The van der Waals surface area contributed by atoms with Crippen LogP contribution in [0.15, 0.2) is 66.2 Å². The molecule has 1 aliphatic heterocycles. The number of ketones is 1. The van der Waals surface area contributed by atoms with Crippen molar-refractivity contribution in [2.45, 2.75) is 25.6 Å². The van der Waals surface area contributed by atoms with E-state index in [-0.39, 0.29) is 11.9 Å². The Balaban J connectivity index is 2.01. The Labute approximate surface area is 129 Å². The molecule has 2 atom stereocenters. The van der Waals surface area contributed by atoms with Gasteiger partial charge in [-0.15, -0.1) is 0 Å². The number of hydrogen-bond donors (Lipinski definition) is 1. The fraction of sp³-hybridized carbons (Fsp3) is 0.211. The van der Waals surface area contributed by atoms with Crippen molar-refractivity contribution in [3.63, 3.8) is 0 Å². The number of rotatable bonds is 4. The van der Waals surface area contributed by atoms with Crippen molar-refractivity contribution in [3.8, 4) is 0 Å². The summed E-state index contributed by atoms with van der Waals surface area (Å²) in [5, 5.41) is 9.82. The molecule has 3 rings (SSSR count). The lowest BCUT2D eigenvalue weighted by molar-refractivity contribution is 0.0436. The SMILES string of the molecule is C[C@@H](O)[C@@H]1CC(C(=O)c2ccccc2)=C(c2ccccc2)O1. The van der Waals surface area contributed by atoms with Crippen molar-refractivity contribution in [1.82, 2.24) is 0 Å². The van der Waals surface area contributed by atoms with Gasteiger partial charge in [0, 0.05) is 23.1 Å². The summed E-state index contributed by atoms with van der Waals surface area (Å²) in [6, 6.07) is 18.7. The lowest BCUT2D eigenvalue weighted by atomic mass is 9.96. The number of hydrogen-bond acceptors (Lipinski definition) is 3. The molecule has 0 bridgehead atoms. The number of carbonyl (C=O) groups is 1. The molecule has 1 N–H and O–H groups in total. The Hall–Kier alpha value is -2.39. The molecule has 0 saturated heterocycles. The van der Waals surface area contributed by atoms with Crippen LogP contribution < -0.4 is 0 Å². The first-order chi connectivity index (χ1) is 10.7. The van der Waals surface area contributed by atoms with E-state index in [1.54, 1.807) is 19.1 Å². The third-order valence-electron chi connectivity index (χ3n) is 3.83. The lowest BCUT2D eigenvalue weighted by Crippen LogP contribution is -2.22. The van der Waals surface area contributed by atoms with Crippen LogP contribution in [-0.2, 0) is 4.74 Å². The number of aliphatic hydroxyl groups excluding tert-OH is 1. The van der Waals surface area contributed by atoms with Crippen LogP contribution in [0, 0.1) is 0 Å². The smallest absolute Gasteiger partial charge is 0.192 e. The molecule has 2 aromatic carbocycles. The van der Waals surface area contributed by atoms with Gasteiger partial charge in [-0.2, -0.15) is 0 Å². The molecule has 3 heteroatoms. The lowest BCUT2D eigenvalue weighted by Gasteiger charge is -2.15. The van der Waals surface area contributed by atoms with Gasteiger partial charge in [-0.25, -0.2) is 0 Å². The van der Waals surface area contributed by atoms with Crippen molar-refractivity contribution in [2.75, 3.05) is 0 Å². The highest BCUT2D eigenvalue weighted by molar-refractivity contribution is 6.13. The molecule has 1 heterocycles. The topological polar surface area (TPSA) is 46.5 Å². The molecule has 22 heavy (non-hydrogen) atoms. The molecule has 2 aromatic rings. The average molecular weight is 294 g/mol. The Kier molecular flexibility index (Phi) is 4.07. The van der Waals surface area contributed by atoms with E-state index in [4.69, 9.17) is 4.74 Å². The minimum Gasteiger partial charge on any atom is -0.486 e. The second-order valence-electron chi connectivity index (χ2n) is 5.47. The number of carbonyl (C=O) groups excluding carboxylic acids is 1. The van der Waals surface area contributed by atoms with Gasteiger partial charge in [0.1, 0.15) is 11.9 Å². The number of benzene rings is 2. The highest BCUT2D eigenvalue weighted by Crippen LogP contribution is 2.35. The predicted octanol–water partition coefficient (Wildman–Crippen LogP) is 3.45. The third-order valence-corrected chi connectivity index (χ3v) is 3.83. The maximum atomic E-state index is 12.8. The summed E-state index contributed by atoms with van der Waals surface area (Å²) in [5.74, 6) is 0.544. The Morgan fingerprint density at radius 3 is 2.27 bits per heavy atom. The van der Waals surface area contributed by atoms with Gasteiger partial charge in [0.15, 0.2) is 5.78 Å². The monoisotopic (exact) mass is 294 g/mol. The van der Waals surface area contributed by atoms with Crippen LogP contribution in [0.25, 0.3) is 5.76 Å². The first-order valence-electron chi connectivity index (χ1n) is 7.40. The van der Waals surface area contributed by atoms with Crippen LogP contribution in [0.3, 0.4) is 0 Å². The van der Waals surface area contributed by atoms with Crippen molar-refractivity contribution < 1.29 is 14.6 Å². The second kappa shape index (κ2) is 6.16. The molecule has 0 aliphatic carbocycles. The van der Waals surface area contributed by atoms with Crippen LogP contribution in [0.1, 0.15) is 29.3 Å². The summed E-state index contributed by atoms with van der Waals surface area (Å²) in [4.78, 5) is 12.8. The van der Waals surface area contributed by atoms with E-state index in [9.17, 15) is 9.90 Å². The highest BCUT2D eigenvalue weighted by Gasteiger charge is 2.33. The molecule has 1 aliphatic rings. The van der Waals surface area contributed by atoms with Gasteiger partial charge in [-0.1, -0.05) is 60.7 Å². The fourth-order valence-electron chi connectivity index (χ4n) is 2.62. The molecule has 0 unspecified atom stereocenters. The molecular weight excluding hydrogens is 276 g/mol. The quantitative estimate of drug-likeness (QED) is 0.879. The zero-order valence-electron chi connectivity index (χ0n) is 12.4. The Morgan fingerprint density at radius 2 is 1.68 bits per heavy atom. The van der Waals surface area contributed by atoms with Crippen LogP contribution in [0.2, 0.25) is 0 Å². The van der Waals surface area contributed by atoms with Crippen LogP contribution in [0.4, 0.5) is 0 Å². The minimum atomic E-state index is -0.625. The summed E-state index contributed by atoms with van der Waals surface area (Å²) in [7, 11) is 0. The van der Waals surface area contributed by atoms with E-state index >= 15 is 0 Å². The highest BCUT2D eigenvalue weighted by atomic mass is 16.5. The molecule has 0 fully saturated rings. The summed E-state index contributed by atoms with van der Waals surface area (Å²) in [6.45, 7) is 1.68. The van der Waals surface area contributed by atoms with Crippen LogP contribution >= 0.6 is 0 Å². The van der Waals surface area contributed by atoms with E-state index in [0.717, 1.165) is 5.56 Å². The van der Waals surface area contributed by atoms with Gasteiger partial charge < -0.3 is 9.84 Å². The molecule has 0 aromatic heterocycles. The molecule has 112 valence electrons. The van der Waals surface area contributed by atoms with Gasteiger partial charge >= 0.3 is 0 Å². The largest absolute Gasteiger partial charge is 0.486 e. The fourth-order valence-corrected chi connectivity index (χ4v) is 2.62. The summed E-state index contributed by atoms with van der Waals surface area (Å²) in [6.07, 6.45) is -0.576. The maximum Gasteiger partial charge on any atom is 0.192 e. The molecule has 3 nitrogen and oxygen atoms in total. The third kappa shape index (κ3) is 2.81. The van der Waals surface area contributed by atoms with Crippen molar-refractivity contribution >= 4 is 11.5 Å². The first kappa shape index (κ1) is 14.5. The van der Waals surface area contributed by atoms with E-state index in [0.29, 0.717) is 23.3 Å². The van der Waals surface area contributed by atoms with Gasteiger partial charge in [0.25, 0.3) is 0 Å². The van der Waals surface area contributed by atoms with Gasteiger partial charge in [-0.3, -0.25) is 4.79 Å². The number of ether oxygens (including phenoxy) is 1. The summed E-state index contributed by atoms with van der Waals surface area (Å²) < 4.78 is 5.87. The molecule has 0 amide bonds. The maximum absolute atomic E-state index is 12.8. The standard InChI is InChI=1S/C19H18O3/c1-13(20)17-12-16(18(21)14-8-4-2-5-9-14)19(22-17)15-10-6-3-7-11-15/h2-11,13,17,20H,12H2,1H3/t13-,17+/m1/s1. The van der Waals surface area contributed by atoms with Gasteiger partial charge in [0.2, 0.25) is 0 Å². The van der Waals surface area contributed by atoms with Crippen molar-refractivity contribution in [3.05, 3.63) is 77.4 Å². The van der Waals surface area contributed by atoms with Crippen LogP contribution in [0.5, 0.6) is 0 Å². The van der Waals surface area contributed by atoms with Crippen molar-refractivity contribution in [1.29, 1.82) is 0 Å². The number of Topliss-reactive ketones (excluding diaryl/α,β-unsaturated/α-hetero) is 1. The van der Waals surface area contributed by atoms with E-state index in [2.05, 4.69) is 0 Å². The van der Waals surface area contributed by atoms with E-state index < -0.39 is 6.10 Å². The zero-order valence-corrected chi connectivity index (χ0v) is 12.4. The molecular formula is C19H18O3. The van der Waals surface area contributed by atoms with Gasteiger partial charge in [-0.05, 0) is 6.92 Å². The molecule has 0 spiro atoms. The van der Waals surface area contributed by atoms with Gasteiger partial charge in [0.05, 0.1) is 6.10 Å². The first-order valence-corrected chi connectivity index (χ1v) is 7.40. The molecule has 0 saturated carbocycles. The van der Waals surface area contributed by atoms with Crippen LogP contribution in [-0.4, -0.2) is 23.1 Å². The summed E-state index contributed by atoms with van der Waals surface area (Å²) in [5.41, 5.74) is 2.13. The normalized spacial score (nSPS) is 18.9.